The summed E-state index contributed by atoms with van der Waals surface area (Å²) in [6, 6.07) is 12.4. The van der Waals surface area contributed by atoms with E-state index in [-0.39, 0.29) is 5.91 Å². The van der Waals surface area contributed by atoms with E-state index in [4.69, 9.17) is 0 Å². The van der Waals surface area contributed by atoms with Crippen molar-refractivity contribution in [1.29, 1.82) is 0 Å². The first-order chi connectivity index (χ1) is 11.9. The minimum atomic E-state index is 0.128. The Kier molecular flexibility index (Phi) is 5.45. The van der Waals surface area contributed by atoms with Crippen molar-refractivity contribution in [3.05, 3.63) is 58.1 Å². The van der Waals surface area contributed by atoms with Crippen LogP contribution in [0.1, 0.15) is 21.7 Å². The average Bonchev–Trinajstić information content (AvgIpc) is 2.95. The van der Waals surface area contributed by atoms with Crippen LogP contribution in [0.25, 0.3) is 10.2 Å². The van der Waals surface area contributed by atoms with Crippen LogP contribution < -0.4 is 0 Å². The van der Waals surface area contributed by atoms with Crippen molar-refractivity contribution < 1.29 is 4.79 Å². The number of hydrogen-bond acceptors (Lipinski definition) is 4. The van der Waals surface area contributed by atoms with Gasteiger partial charge in [-0.3, -0.25) is 4.79 Å². The van der Waals surface area contributed by atoms with Crippen LogP contribution in [0.5, 0.6) is 0 Å². The highest BCUT2D eigenvalue weighted by atomic mass is 32.2. The van der Waals surface area contributed by atoms with Gasteiger partial charge in [-0.1, -0.05) is 29.8 Å². The van der Waals surface area contributed by atoms with Gasteiger partial charge in [-0.15, -0.1) is 23.1 Å². The molecule has 25 heavy (non-hydrogen) atoms. The summed E-state index contributed by atoms with van der Waals surface area (Å²) in [5, 5.41) is 0.977. The van der Waals surface area contributed by atoms with Crippen molar-refractivity contribution in [2.24, 2.45) is 0 Å². The van der Waals surface area contributed by atoms with Gasteiger partial charge in [-0.05, 0) is 44.0 Å². The number of thiazole rings is 1. The van der Waals surface area contributed by atoms with E-state index in [9.17, 15) is 4.79 Å². The number of carbonyl (C=O) groups is 1. The first-order valence-corrected chi connectivity index (χ1v) is 10.0. The number of amides is 1. The van der Waals surface area contributed by atoms with Crippen LogP contribution in [0.3, 0.4) is 0 Å². The minimum Gasteiger partial charge on any atom is -0.338 e. The molecule has 0 N–H and O–H groups in total. The molecule has 1 heterocycles. The zero-order valence-corrected chi connectivity index (χ0v) is 16.6. The van der Waals surface area contributed by atoms with E-state index in [1.54, 1.807) is 28.0 Å². The van der Waals surface area contributed by atoms with E-state index in [2.05, 4.69) is 44.0 Å². The zero-order valence-electron chi connectivity index (χ0n) is 15.0. The molecule has 0 aliphatic carbocycles. The molecule has 0 atom stereocenters. The number of carbonyl (C=O) groups excluding carboxylic acids is 1. The standard InChI is InChI=1S/C20H22N2OS2/c1-13-9-14(2)20(15(3)10-13)24-12-19(23)22(4)11-18-21-16-7-5-6-8-17(16)25-18/h5-10H,11-12H2,1-4H3. The Labute approximate surface area is 157 Å². The molecule has 0 aliphatic heterocycles. The molecule has 0 saturated carbocycles. The van der Waals surface area contributed by atoms with Gasteiger partial charge in [0.25, 0.3) is 0 Å². The number of aromatic nitrogens is 1. The van der Waals surface area contributed by atoms with E-state index in [1.165, 1.54) is 26.3 Å². The Morgan fingerprint density at radius 2 is 1.84 bits per heavy atom. The molecule has 0 unspecified atom stereocenters. The summed E-state index contributed by atoms with van der Waals surface area (Å²) in [5.74, 6) is 0.579. The summed E-state index contributed by atoms with van der Waals surface area (Å²) in [4.78, 5) is 20.1. The van der Waals surface area contributed by atoms with Crippen LogP contribution in [-0.4, -0.2) is 28.6 Å². The third-order valence-electron chi connectivity index (χ3n) is 4.08. The van der Waals surface area contributed by atoms with Crippen molar-refractivity contribution >= 4 is 39.2 Å². The molecule has 0 saturated heterocycles. The smallest absolute Gasteiger partial charge is 0.233 e. The SMILES string of the molecule is Cc1cc(C)c(SCC(=O)N(C)Cc2nc3ccccc3s2)c(C)c1. The maximum absolute atomic E-state index is 12.5. The van der Waals surface area contributed by atoms with Crippen molar-refractivity contribution in [2.75, 3.05) is 12.8 Å². The number of fused-ring (bicyclic) bond motifs is 1. The summed E-state index contributed by atoms with van der Waals surface area (Å²) in [6.07, 6.45) is 0. The fourth-order valence-electron chi connectivity index (χ4n) is 2.92. The predicted molar refractivity (Wildman–Crippen MR) is 107 cm³/mol. The second-order valence-corrected chi connectivity index (χ2v) is 8.44. The molecule has 3 nitrogen and oxygen atoms in total. The van der Waals surface area contributed by atoms with E-state index in [0.29, 0.717) is 12.3 Å². The Balaban J connectivity index is 1.63. The number of hydrogen-bond donors (Lipinski definition) is 0. The zero-order chi connectivity index (χ0) is 18.0. The van der Waals surface area contributed by atoms with Crippen molar-refractivity contribution in [3.8, 4) is 0 Å². The molecule has 0 fully saturated rings. The van der Waals surface area contributed by atoms with Crippen LogP contribution in [-0.2, 0) is 11.3 Å². The maximum Gasteiger partial charge on any atom is 0.233 e. The Bertz CT molecular complexity index is 861. The van der Waals surface area contributed by atoms with Gasteiger partial charge in [-0.2, -0.15) is 0 Å². The predicted octanol–water partition coefficient (Wildman–Crippen LogP) is 4.97. The lowest BCUT2D eigenvalue weighted by Gasteiger charge is -2.16. The molecule has 1 aromatic heterocycles. The summed E-state index contributed by atoms with van der Waals surface area (Å²) in [6.45, 7) is 6.88. The molecule has 2 aromatic carbocycles. The highest BCUT2D eigenvalue weighted by Gasteiger charge is 2.14. The molecular weight excluding hydrogens is 348 g/mol. The third-order valence-corrected chi connectivity index (χ3v) is 6.43. The molecule has 3 rings (SSSR count). The highest BCUT2D eigenvalue weighted by Crippen LogP contribution is 2.28. The van der Waals surface area contributed by atoms with Crippen molar-refractivity contribution in [1.82, 2.24) is 9.88 Å². The molecular formula is C20H22N2OS2. The van der Waals surface area contributed by atoms with Gasteiger partial charge in [0.2, 0.25) is 5.91 Å². The quantitative estimate of drug-likeness (QED) is 0.594. The first-order valence-electron chi connectivity index (χ1n) is 8.23. The number of para-hydroxylation sites is 1. The van der Waals surface area contributed by atoms with Gasteiger partial charge >= 0.3 is 0 Å². The summed E-state index contributed by atoms with van der Waals surface area (Å²) in [7, 11) is 1.85. The number of aryl methyl sites for hydroxylation is 3. The molecule has 0 aliphatic rings. The van der Waals surface area contributed by atoms with Gasteiger partial charge < -0.3 is 4.90 Å². The lowest BCUT2D eigenvalue weighted by atomic mass is 10.1. The molecule has 0 radical (unpaired) electrons. The average molecular weight is 371 g/mol. The van der Waals surface area contributed by atoms with Crippen LogP contribution in [0.4, 0.5) is 0 Å². The molecule has 0 bridgehead atoms. The highest BCUT2D eigenvalue weighted by molar-refractivity contribution is 8.00. The molecule has 5 heteroatoms. The van der Waals surface area contributed by atoms with Gasteiger partial charge in [0.1, 0.15) is 5.01 Å². The Morgan fingerprint density at radius 3 is 2.52 bits per heavy atom. The molecule has 0 spiro atoms. The Morgan fingerprint density at radius 1 is 1.16 bits per heavy atom. The monoisotopic (exact) mass is 370 g/mol. The van der Waals surface area contributed by atoms with Crippen molar-refractivity contribution in [2.45, 2.75) is 32.2 Å². The first kappa shape index (κ1) is 18.0. The summed E-state index contributed by atoms with van der Waals surface area (Å²) in [5.41, 5.74) is 4.75. The largest absolute Gasteiger partial charge is 0.338 e. The normalized spacial score (nSPS) is 11.0. The second kappa shape index (κ2) is 7.58. The van der Waals surface area contributed by atoms with E-state index in [0.717, 1.165) is 10.5 Å². The summed E-state index contributed by atoms with van der Waals surface area (Å²) >= 11 is 3.28. The van der Waals surface area contributed by atoms with E-state index in [1.807, 2.05) is 25.2 Å². The Hall–Kier alpha value is -1.85. The van der Waals surface area contributed by atoms with E-state index >= 15 is 0 Å². The lowest BCUT2D eigenvalue weighted by molar-refractivity contribution is -0.127. The second-order valence-electron chi connectivity index (χ2n) is 6.34. The number of rotatable bonds is 5. The van der Waals surface area contributed by atoms with Gasteiger partial charge in [0.15, 0.2) is 0 Å². The maximum atomic E-state index is 12.5. The number of nitrogens with zero attached hydrogens (tertiary/aromatic N) is 2. The molecule has 130 valence electrons. The number of thioether (sulfide) groups is 1. The van der Waals surface area contributed by atoms with Gasteiger partial charge in [0, 0.05) is 11.9 Å². The number of benzene rings is 2. The third kappa shape index (κ3) is 4.22. The van der Waals surface area contributed by atoms with Gasteiger partial charge in [0.05, 0.1) is 22.5 Å². The van der Waals surface area contributed by atoms with Crippen molar-refractivity contribution in [3.63, 3.8) is 0 Å². The lowest BCUT2D eigenvalue weighted by Crippen LogP contribution is -2.27. The van der Waals surface area contributed by atoms with Crippen LogP contribution >= 0.6 is 23.1 Å². The topological polar surface area (TPSA) is 33.2 Å². The fourth-order valence-corrected chi connectivity index (χ4v) is 5.00. The van der Waals surface area contributed by atoms with E-state index < -0.39 is 0 Å². The van der Waals surface area contributed by atoms with Crippen LogP contribution in [0.2, 0.25) is 0 Å². The summed E-state index contributed by atoms with van der Waals surface area (Å²) < 4.78 is 1.17. The van der Waals surface area contributed by atoms with Crippen LogP contribution in [0.15, 0.2) is 41.3 Å². The molecule has 1 amide bonds. The van der Waals surface area contributed by atoms with Crippen LogP contribution in [0, 0.1) is 20.8 Å². The molecule has 3 aromatic rings. The fraction of sp³-hybridized carbons (Fsp3) is 0.300. The van der Waals surface area contributed by atoms with Gasteiger partial charge in [-0.25, -0.2) is 4.98 Å². The minimum absolute atomic E-state index is 0.128.